The predicted molar refractivity (Wildman–Crippen MR) is 131 cm³/mol. The van der Waals surface area contributed by atoms with Crippen LogP contribution in [-0.4, -0.2) is 61.2 Å². The largest absolute Gasteiger partial charge is 0.494 e. The Labute approximate surface area is 203 Å². The third-order valence-electron chi connectivity index (χ3n) is 5.61. The monoisotopic (exact) mass is 478 g/mol. The highest BCUT2D eigenvalue weighted by Gasteiger charge is 2.23. The summed E-state index contributed by atoms with van der Waals surface area (Å²) in [5.74, 6) is -0.0968. The Morgan fingerprint density at radius 1 is 1.00 bits per heavy atom. The van der Waals surface area contributed by atoms with E-state index < -0.39 is 5.97 Å². The van der Waals surface area contributed by atoms with Crippen molar-refractivity contribution in [2.75, 3.05) is 49.6 Å². The molecule has 0 saturated carbocycles. The van der Waals surface area contributed by atoms with Crippen LogP contribution in [0.15, 0.2) is 66.9 Å². The Bertz CT molecular complexity index is 1150. The fourth-order valence-corrected chi connectivity index (χ4v) is 3.77. The summed E-state index contributed by atoms with van der Waals surface area (Å²) < 4.78 is 23.9. The number of piperazine rings is 1. The number of ether oxygens (including phenoxy) is 2. The number of nitrogens with zero attached hydrogens (tertiary/aromatic N) is 3. The Hall–Kier alpha value is -4.14. The molecular weight excluding hydrogens is 451 g/mol. The van der Waals surface area contributed by atoms with Crippen molar-refractivity contribution in [3.8, 4) is 5.75 Å². The second kappa shape index (κ2) is 11.3. The molecule has 8 nitrogen and oxygen atoms in total. The molecule has 4 rings (SSSR count). The van der Waals surface area contributed by atoms with E-state index in [9.17, 15) is 14.0 Å². The van der Waals surface area contributed by atoms with E-state index in [1.165, 1.54) is 12.1 Å². The molecule has 1 aromatic heterocycles. The first-order valence-electron chi connectivity index (χ1n) is 11.4. The number of hydrogen-bond acceptors (Lipinski definition) is 7. The molecule has 3 aromatic rings. The Kier molecular flexibility index (Phi) is 7.77. The van der Waals surface area contributed by atoms with Crippen LogP contribution in [0.5, 0.6) is 5.75 Å². The number of esters is 1. The summed E-state index contributed by atoms with van der Waals surface area (Å²) in [6.45, 7) is 4.35. The van der Waals surface area contributed by atoms with Gasteiger partial charge in [0, 0.05) is 43.8 Å². The minimum absolute atomic E-state index is 0.232. The van der Waals surface area contributed by atoms with Gasteiger partial charge in [-0.3, -0.25) is 4.79 Å². The van der Waals surface area contributed by atoms with Crippen LogP contribution in [-0.2, 0) is 9.53 Å². The van der Waals surface area contributed by atoms with Crippen molar-refractivity contribution in [3.63, 3.8) is 0 Å². The van der Waals surface area contributed by atoms with Gasteiger partial charge in [-0.1, -0.05) is 0 Å². The standard InChI is InChI=1S/C26H27FN4O4/c1-2-34-22-11-7-20(8-12-22)29-25-23(4-3-13-28-25)26(33)35-18-24(32)31-16-14-30(15-17-31)21-9-5-19(27)6-10-21/h3-13H,2,14-18H2,1H3,(H,28,29). The SMILES string of the molecule is CCOc1ccc(Nc2ncccc2C(=O)OCC(=O)N2CCN(c3ccc(F)cc3)CC2)cc1. The van der Waals surface area contributed by atoms with E-state index >= 15 is 0 Å². The molecule has 1 amide bonds. The molecule has 0 unspecified atom stereocenters. The minimum atomic E-state index is -0.634. The average Bonchev–Trinajstić information content (AvgIpc) is 2.89. The summed E-state index contributed by atoms with van der Waals surface area (Å²) in [5.41, 5.74) is 1.88. The second-order valence-corrected chi connectivity index (χ2v) is 7.90. The highest BCUT2D eigenvalue weighted by Crippen LogP contribution is 2.22. The van der Waals surface area contributed by atoms with Crippen molar-refractivity contribution < 1.29 is 23.5 Å². The first-order chi connectivity index (χ1) is 17.0. The van der Waals surface area contributed by atoms with Gasteiger partial charge >= 0.3 is 5.97 Å². The highest BCUT2D eigenvalue weighted by molar-refractivity contribution is 5.96. The summed E-state index contributed by atoms with van der Waals surface area (Å²) in [7, 11) is 0. The molecule has 182 valence electrons. The van der Waals surface area contributed by atoms with Crippen molar-refractivity contribution in [1.82, 2.24) is 9.88 Å². The van der Waals surface area contributed by atoms with E-state index in [4.69, 9.17) is 9.47 Å². The van der Waals surface area contributed by atoms with E-state index in [1.54, 1.807) is 35.4 Å². The third kappa shape index (κ3) is 6.26. The van der Waals surface area contributed by atoms with Gasteiger partial charge in [0.05, 0.1) is 6.61 Å². The van der Waals surface area contributed by atoms with Crippen LogP contribution in [0.2, 0.25) is 0 Å². The maximum atomic E-state index is 13.1. The summed E-state index contributed by atoms with van der Waals surface area (Å²) >= 11 is 0. The molecule has 0 aliphatic carbocycles. The maximum absolute atomic E-state index is 13.1. The van der Waals surface area contributed by atoms with Crippen LogP contribution < -0.4 is 15.0 Å². The van der Waals surface area contributed by atoms with Crippen LogP contribution in [0.4, 0.5) is 21.6 Å². The molecule has 0 radical (unpaired) electrons. The lowest BCUT2D eigenvalue weighted by Crippen LogP contribution is -2.49. The first-order valence-corrected chi connectivity index (χ1v) is 11.4. The third-order valence-corrected chi connectivity index (χ3v) is 5.61. The predicted octanol–water partition coefficient (Wildman–Crippen LogP) is 3.87. The molecule has 35 heavy (non-hydrogen) atoms. The second-order valence-electron chi connectivity index (χ2n) is 7.90. The molecule has 1 N–H and O–H groups in total. The number of anilines is 3. The van der Waals surface area contributed by atoms with Crippen molar-refractivity contribution >= 4 is 29.1 Å². The van der Waals surface area contributed by atoms with Crippen LogP contribution in [0.25, 0.3) is 0 Å². The van der Waals surface area contributed by atoms with Crippen molar-refractivity contribution in [3.05, 3.63) is 78.2 Å². The number of pyridine rings is 1. The molecular formula is C26H27FN4O4. The number of carbonyl (C=O) groups is 2. The molecule has 0 bridgehead atoms. The van der Waals surface area contributed by atoms with Gasteiger partial charge in [-0.25, -0.2) is 14.2 Å². The average molecular weight is 479 g/mol. The van der Waals surface area contributed by atoms with Crippen LogP contribution in [0, 0.1) is 5.82 Å². The molecule has 1 aliphatic rings. The smallest absolute Gasteiger partial charge is 0.342 e. The van der Waals surface area contributed by atoms with Gasteiger partial charge in [-0.15, -0.1) is 0 Å². The number of amides is 1. The zero-order valence-corrected chi connectivity index (χ0v) is 19.4. The topological polar surface area (TPSA) is 84.0 Å². The van der Waals surface area contributed by atoms with Crippen LogP contribution >= 0.6 is 0 Å². The van der Waals surface area contributed by atoms with Gasteiger partial charge < -0.3 is 24.6 Å². The summed E-state index contributed by atoms with van der Waals surface area (Å²) in [5, 5.41) is 3.11. The zero-order chi connectivity index (χ0) is 24.6. The van der Waals surface area contributed by atoms with Crippen molar-refractivity contribution in [2.24, 2.45) is 0 Å². The molecule has 1 saturated heterocycles. The Balaban J connectivity index is 1.30. The normalized spacial score (nSPS) is 13.3. The van der Waals surface area contributed by atoms with E-state index in [0.29, 0.717) is 38.6 Å². The molecule has 0 atom stereocenters. The van der Waals surface area contributed by atoms with Crippen molar-refractivity contribution in [1.29, 1.82) is 0 Å². The summed E-state index contributed by atoms with van der Waals surface area (Å²) in [6, 6.07) is 16.8. The first kappa shape index (κ1) is 24.0. The van der Waals surface area contributed by atoms with E-state index in [1.807, 2.05) is 31.2 Å². The van der Waals surface area contributed by atoms with Crippen molar-refractivity contribution in [2.45, 2.75) is 6.92 Å². The van der Waals surface area contributed by atoms with E-state index in [-0.39, 0.29) is 23.9 Å². The van der Waals surface area contributed by atoms with Gasteiger partial charge in [0.2, 0.25) is 0 Å². The lowest BCUT2D eigenvalue weighted by molar-refractivity contribution is -0.134. The van der Waals surface area contributed by atoms with Crippen LogP contribution in [0.1, 0.15) is 17.3 Å². The summed E-state index contributed by atoms with van der Waals surface area (Å²) in [4.78, 5) is 33.3. The number of carbonyl (C=O) groups excluding carboxylic acids is 2. The fourth-order valence-electron chi connectivity index (χ4n) is 3.77. The number of rotatable bonds is 8. The van der Waals surface area contributed by atoms with Gasteiger partial charge in [0.1, 0.15) is 22.9 Å². The Morgan fingerprint density at radius 2 is 1.71 bits per heavy atom. The molecule has 0 spiro atoms. The van der Waals surface area contributed by atoms with Crippen LogP contribution in [0.3, 0.4) is 0 Å². The quantitative estimate of drug-likeness (QED) is 0.492. The number of hydrogen-bond donors (Lipinski definition) is 1. The molecule has 2 heterocycles. The van der Waals surface area contributed by atoms with E-state index in [2.05, 4.69) is 15.2 Å². The van der Waals surface area contributed by atoms with Gasteiger partial charge in [-0.05, 0) is 67.6 Å². The Morgan fingerprint density at radius 3 is 2.40 bits per heavy atom. The number of benzene rings is 2. The maximum Gasteiger partial charge on any atom is 0.342 e. The van der Waals surface area contributed by atoms with Gasteiger partial charge in [0.15, 0.2) is 6.61 Å². The number of nitrogens with one attached hydrogen (secondary N) is 1. The summed E-state index contributed by atoms with van der Waals surface area (Å²) in [6.07, 6.45) is 1.57. The number of aromatic nitrogens is 1. The van der Waals surface area contributed by atoms with Gasteiger partial charge in [-0.2, -0.15) is 0 Å². The molecule has 1 aliphatic heterocycles. The minimum Gasteiger partial charge on any atom is -0.494 e. The fraction of sp³-hybridized carbons (Fsp3) is 0.269. The van der Waals surface area contributed by atoms with Gasteiger partial charge in [0.25, 0.3) is 5.91 Å². The molecule has 9 heteroatoms. The lowest BCUT2D eigenvalue weighted by Gasteiger charge is -2.36. The molecule has 1 fully saturated rings. The highest BCUT2D eigenvalue weighted by atomic mass is 19.1. The zero-order valence-electron chi connectivity index (χ0n) is 19.4. The molecule has 2 aromatic carbocycles. The number of halogens is 1. The van der Waals surface area contributed by atoms with E-state index in [0.717, 1.165) is 17.1 Å². The lowest BCUT2D eigenvalue weighted by atomic mass is 10.2.